The molecular weight excluding hydrogens is 416 g/mol. The zero-order chi connectivity index (χ0) is 23.1. The molecule has 1 aromatic carbocycles. The first-order chi connectivity index (χ1) is 15.9. The molecule has 7 nitrogen and oxygen atoms in total. The fourth-order valence-electron chi connectivity index (χ4n) is 5.01. The summed E-state index contributed by atoms with van der Waals surface area (Å²) < 4.78 is 0. The maximum Gasteiger partial charge on any atom is 0.325 e. The second-order valence-electron chi connectivity index (χ2n) is 9.66. The maximum absolute atomic E-state index is 13.0. The van der Waals surface area contributed by atoms with Crippen molar-refractivity contribution in [2.75, 3.05) is 6.54 Å². The lowest BCUT2D eigenvalue weighted by Crippen LogP contribution is -2.53. The van der Waals surface area contributed by atoms with Gasteiger partial charge in [-0.1, -0.05) is 49.3 Å². The Labute approximate surface area is 193 Å². The van der Waals surface area contributed by atoms with Gasteiger partial charge in [-0.15, -0.1) is 0 Å². The van der Waals surface area contributed by atoms with Crippen molar-refractivity contribution in [1.82, 2.24) is 20.5 Å². The first kappa shape index (κ1) is 21.4. The van der Waals surface area contributed by atoms with Crippen molar-refractivity contribution in [3.63, 3.8) is 0 Å². The molecule has 3 aliphatic rings. The van der Waals surface area contributed by atoms with Crippen molar-refractivity contribution < 1.29 is 14.4 Å². The second-order valence-corrected chi connectivity index (χ2v) is 9.66. The van der Waals surface area contributed by atoms with Crippen LogP contribution in [0, 0.1) is 17.8 Å². The fraction of sp³-hybridized carbons (Fsp3) is 0.462. The van der Waals surface area contributed by atoms with Gasteiger partial charge in [-0.05, 0) is 50.7 Å². The fourth-order valence-corrected chi connectivity index (χ4v) is 5.01. The number of carbonyl (C=O) groups excluding carboxylic acids is 3. The average Bonchev–Trinajstić information content (AvgIpc) is 3.64. The summed E-state index contributed by atoms with van der Waals surface area (Å²) in [6, 6.07) is 9.38. The first-order valence-electron chi connectivity index (χ1n) is 11.7. The molecule has 2 heterocycles. The van der Waals surface area contributed by atoms with Crippen molar-refractivity contribution in [2.24, 2.45) is 5.92 Å². The van der Waals surface area contributed by atoms with Gasteiger partial charge < -0.3 is 10.6 Å². The highest BCUT2D eigenvalue weighted by atomic mass is 16.2. The van der Waals surface area contributed by atoms with E-state index in [2.05, 4.69) is 27.5 Å². The van der Waals surface area contributed by atoms with Gasteiger partial charge in [-0.25, -0.2) is 4.79 Å². The minimum absolute atomic E-state index is 0.160. The number of benzene rings is 1. The number of aromatic nitrogens is 1. The predicted octanol–water partition coefficient (Wildman–Crippen LogP) is 3.13. The summed E-state index contributed by atoms with van der Waals surface area (Å²) in [5, 5.41) is 6.88. The van der Waals surface area contributed by atoms with Crippen LogP contribution in [0.2, 0.25) is 0 Å². The lowest BCUT2D eigenvalue weighted by Gasteiger charge is -2.34. The summed E-state index contributed by atoms with van der Waals surface area (Å²) in [7, 11) is 0. The molecule has 2 saturated carbocycles. The highest BCUT2D eigenvalue weighted by molar-refractivity contribution is 6.09. The molecule has 4 amide bonds. The second kappa shape index (κ2) is 8.18. The van der Waals surface area contributed by atoms with E-state index in [0.717, 1.165) is 66.3 Å². The van der Waals surface area contributed by atoms with Gasteiger partial charge in [0.05, 0.1) is 5.52 Å². The van der Waals surface area contributed by atoms with E-state index in [-0.39, 0.29) is 24.3 Å². The Morgan fingerprint density at radius 3 is 2.73 bits per heavy atom. The van der Waals surface area contributed by atoms with Crippen molar-refractivity contribution in [3.8, 4) is 11.8 Å². The molecule has 2 aromatic rings. The SMILES string of the molecule is CC1(C2CC2)NC(=O)N(CC(=O)NC2(C#Cc3cnc4ccccc4c3)CCCCC2)C1=O. The zero-order valence-electron chi connectivity index (χ0n) is 18.8. The van der Waals surface area contributed by atoms with Crippen molar-refractivity contribution >= 4 is 28.7 Å². The van der Waals surface area contributed by atoms with Crippen LogP contribution in [-0.2, 0) is 9.59 Å². The molecule has 5 rings (SSSR count). The summed E-state index contributed by atoms with van der Waals surface area (Å²) >= 11 is 0. The number of carbonyl (C=O) groups is 3. The van der Waals surface area contributed by atoms with Crippen molar-refractivity contribution in [3.05, 3.63) is 42.1 Å². The summed E-state index contributed by atoms with van der Waals surface area (Å²) in [4.78, 5) is 43.8. The number of para-hydroxylation sites is 1. The molecule has 7 heteroatoms. The lowest BCUT2D eigenvalue weighted by molar-refractivity contribution is -0.135. The van der Waals surface area contributed by atoms with E-state index in [4.69, 9.17) is 0 Å². The number of rotatable bonds is 4. The van der Waals surface area contributed by atoms with Crippen LogP contribution in [0.25, 0.3) is 10.9 Å². The number of hydrogen-bond donors (Lipinski definition) is 2. The topological polar surface area (TPSA) is 91.4 Å². The first-order valence-corrected chi connectivity index (χ1v) is 11.7. The average molecular weight is 445 g/mol. The molecule has 170 valence electrons. The summed E-state index contributed by atoms with van der Waals surface area (Å²) in [6.45, 7) is 1.47. The van der Waals surface area contributed by atoms with Crippen LogP contribution >= 0.6 is 0 Å². The predicted molar refractivity (Wildman–Crippen MR) is 124 cm³/mol. The van der Waals surface area contributed by atoms with Crippen LogP contribution in [0.1, 0.15) is 57.4 Å². The van der Waals surface area contributed by atoms with E-state index >= 15 is 0 Å². The number of pyridine rings is 1. The van der Waals surface area contributed by atoms with Crippen LogP contribution in [0.15, 0.2) is 36.5 Å². The molecule has 2 N–H and O–H groups in total. The standard InChI is InChI=1S/C26H28N4O3/c1-25(20-9-10-20)23(32)30(24(33)29-25)17-22(31)28-26(12-5-2-6-13-26)14-11-18-15-19-7-3-4-8-21(19)27-16-18/h3-4,7-8,15-16,20H,2,5-6,9-10,12-13,17H2,1H3,(H,28,31)(H,29,33). The number of hydrogen-bond acceptors (Lipinski definition) is 4. The van der Waals surface area contributed by atoms with E-state index < -0.39 is 17.1 Å². The Morgan fingerprint density at radius 2 is 1.97 bits per heavy atom. The number of amides is 4. The molecule has 0 spiro atoms. The van der Waals surface area contributed by atoms with Gasteiger partial charge in [0.25, 0.3) is 5.91 Å². The smallest absolute Gasteiger partial charge is 0.325 e. The molecule has 2 aliphatic carbocycles. The summed E-state index contributed by atoms with van der Waals surface area (Å²) in [5.41, 5.74) is 0.153. The van der Waals surface area contributed by atoms with Gasteiger partial charge in [0.1, 0.15) is 17.6 Å². The lowest BCUT2D eigenvalue weighted by atomic mass is 9.82. The van der Waals surface area contributed by atoms with Crippen LogP contribution in [-0.4, -0.2) is 45.4 Å². The number of urea groups is 1. The number of fused-ring (bicyclic) bond motifs is 1. The third kappa shape index (κ3) is 4.18. The molecule has 1 aromatic heterocycles. The number of nitrogens with one attached hydrogen (secondary N) is 2. The van der Waals surface area contributed by atoms with Crippen LogP contribution in [0.5, 0.6) is 0 Å². The Kier molecular flexibility index (Phi) is 5.32. The highest BCUT2D eigenvalue weighted by Crippen LogP contribution is 2.42. The Balaban J connectivity index is 1.33. The van der Waals surface area contributed by atoms with Crippen LogP contribution in [0.4, 0.5) is 4.79 Å². The third-order valence-electron chi connectivity index (χ3n) is 7.12. The molecule has 0 radical (unpaired) electrons. The van der Waals surface area contributed by atoms with Gasteiger partial charge in [0, 0.05) is 17.1 Å². The molecule has 1 atom stereocenters. The summed E-state index contributed by atoms with van der Waals surface area (Å²) in [6.07, 6.45) is 8.11. The van der Waals surface area contributed by atoms with E-state index in [1.165, 1.54) is 0 Å². The molecule has 33 heavy (non-hydrogen) atoms. The normalized spacial score (nSPS) is 24.2. The number of nitrogens with zero attached hydrogens (tertiary/aromatic N) is 2. The van der Waals surface area contributed by atoms with Gasteiger partial charge in [0.15, 0.2) is 0 Å². The molecule has 1 saturated heterocycles. The van der Waals surface area contributed by atoms with Crippen LogP contribution in [0.3, 0.4) is 0 Å². The zero-order valence-corrected chi connectivity index (χ0v) is 18.8. The minimum atomic E-state index is -0.886. The van der Waals surface area contributed by atoms with Gasteiger partial charge in [0.2, 0.25) is 5.91 Å². The van der Waals surface area contributed by atoms with Crippen molar-refractivity contribution in [2.45, 2.75) is 62.9 Å². The molecular formula is C26H28N4O3. The molecule has 1 aliphatic heterocycles. The highest BCUT2D eigenvalue weighted by Gasteiger charge is 2.56. The molecule has 0 bridgehead atoms. The van der Waals surface area contributed by atoms with E-state index in [1.54, 1.807) is 13.1 Å². The molecule has 1 unspecified atom stereocenters. The maximum atomic E-state index is 13.0. The monoisotopic (exact) mass is 444 g/mol. The largest absolute Gasteiger partial charge is 0.338 e. The quantitative estimate of drug-likeness (QED) is 0.560. The number of imide groups is 1. The van der Waals surface area contributed by atoms with Gasteiger partial charge in [-0.3, -0.25) is 19.5 Å². The van der Waals surface area contributed by atoms with Gasteiger partial charge >= 0.3 is 6.03 Å². The van der Waals surface area contributed by atoms with E-state index in [9.17, 15) is 14.4 Å². The molecule has 3 fully saturated rings. The van der Waals surface area contributed by atoms with E-state index in [1.807, 2.05) is 30.3 Å². The Hall–Kier alpha value is -3.40. The van der Waals surface area contributed by atoms with E-state index in [0.29, 0.717) is 0 Å². The van der Waals surface area contributed by atoms with Gasteiger partial charge in [-0.2, -0.15) is 0 Å². The Bertz CT molecular complexity index is 1190. The third-order valence-corrected chi connectivity index (χ3v) is 7.12. The van der Waals surface area contributed by atoms with Crippen molar-refractivity contribution in [1.29, 1.82) is 0 Å². The Morgan fingerprint density at radius 1 is 1.21 bits per heavy atom. The summed E-state index contributed by atoms with van der Waals surface area (Å²) in [5.74, 6) is 6.02. The minimum Gasteiger partial charge on any atom is -0.338 e. The van der Waals surface area contributed by atoms with Crippen LogP contribution < -0.4 is 10.6 Å².